The van der Waals surface area contributed by atoms with Crippen molar-refractivity contribution in [2.24, 2.45) is 0 Å². The number of thiazole rings is 1. The normalized spacial score (nSPS) is 12.5. The van der Waals surface area contributed by atoms with Crippen LogP contribution in [0.25, 0.3) is 0 Å². The summed E-state index contributed by atoms with van der Waals surface area (Å²) in [6.07, 6.45) is 0. The van der Waals surface area contributed by atoms with Gasteiger partial charge in [0.25, 0.3) is 0 Å². The molecule has 2 rings (SSSR count). The average molecular weight is 358 g/mol. The van der Waals surface area contributed by atoms with E-state index in [2.05, 4.69) is 71.9 Å². The van der Waals surface area contributed by atoms with Crippen molar-refractivity contribution in [2.75, 3.05) is 5.32 Å². The zero-order valence-electron chi connectivity index (χ0n) is 10.1. The third-order valence-electron chi connectivity index (χ3n) is 2.74. The van der Waals surface area contributed by atoms with Crippen LogP contribution in [0.2, 0.25) is 0 Å². The van der Waals surface area contributed by atoms with E-state index in [-0.39, 0.29) is 0 Å². The molecule has 0 aliphatic carbocycles. The van der Waals surface area contributed by atoms with Crippen molar-refractivity contribution in [3.63, 3.8) is 0 Å². The summed E-state index contributed by atoms with van der Waals surface area (Å²) in [7, 11) is 0. The largest absolute Gasteiger partial charge is 0.377 e. The van der Waals surface area contributed by atoms with Gasteiger partial charge in [0.15, 0.2) is 0 Å². The molecule has 1 unspecified atom stereocenters. The fraction of sp³-hybridized carbons (Fsp3) is 0.308. The van der Waals surface area contributed by atoms with Crippen LogP contribution in [0, 0.1) is 17.4 Å². The molecule has 0 saturated heterocycles. The summed E-state index contributed by atoms with van der Waals surface area (Å²) in [6, 6.07) is 6.77. The van der Waals surface area contributed by atoms with E-state index in [1.165, 1.54) is 19.7 Å². The highest BCUT2D eigenvalue weighted by Gasteiger charge is 2.11. The second-order valence-corrected chi connectivity index (χ2v) is 6.26. The van der Waals surface area contributed by atoms with E-state index in [1.807, 2.05) is 5.51 Å². The first-order chi connectivity index (χ1) is 8.08. The van der Waals surface area contributed by atoms with Gasteiger partial charge >= 0.3 is 0 Å². The third-order valence-corrected chi connectivity index (χ3v) is 4.52. The van der Waals surface area contributed by atoms with Crippen molar-refractivity contribution in [1.82, 2.24) is 4.98 Å². The monoisotopic (exact) mass is 358 g/mol. The van der Waals surface area contributed by atoms with Crippen LogP contribution in [-0.2, 0) is 0 Å². The van der Waals surface area contributed by atoms with Crippen LogP contribution in [0.4, 0.5) is 5.69 Å². The highest BCUT2D eigenvalue weighted by Crippen LogP contribution is 2.27. The topological polar surface area (TPSA) is 24.9 Å². The number of hydrogen-bond acceptors (Lipinski definition) is 3. The summed E-state index contributed by atoms with van der Waals surface area (Å²) >= 11 is 4.05. The summed E-state index contributed by atoms with van der Waals surface area (Å²) in [5.74, 6) is 0. The van der Waals surface area contributed by atoms with Crippen LogP contribution in [0.15, 0.2) is 23.7 Å². The molecule has 1 N–H and O–H groups in total. The number of aromatic nitrogens is 1. The standard InChI is InChI=1S/C13H15IN2S/c1-8-6-11(14)4-5-12(8)16-10(3)13-9(2)15-7-17-13/h4-7,10,16H,1-3H3. The summed E-state index contributed by atoms with van der Waals surface area (Å²) in [5.41, 5.74) is 5.51. The molecular formula is C13H15IN2S. The molecule has 2 aromatic rings. The maximum atomic E-state index is 4.29. The predicted molar refractivity (Wildman–Crippen MR) is 82.8 cm³/mol. The van der Waals surface area contributed by atoms with E-state index in [4.69, 9.17) is 0 Å². The van der Waals surface area contributed by atoms with Crippen LogP contribution in [0.3, 0.4) is 0 Å². The maximum absolute atomic E-state index is 4.29. The predicted octanol–water partition coefficient (Wildman–Crippen LogP) is 4.54. The molecule has 90 valence electrons. The van der Waals surface area contributed by atoms with Crippen molar-refractivity contribution in [3.05, 3.63) is 43.4 Å². The van der Waals surface area contributed by atoms with Crippen molar-refractivity contribution < 1.29 is 0 Å². The number of benzene rings is 1. The van der Waals surface area contributed by atoms with Crippen molar-refractivity contribution >= 4 is 39.6 Å². The Labute approximate surface area is 120 Å². The first kappa shape index (κ1) is 12.8. The highest BCUT2D eigenvalue weighted by molar-refractivity contribution is 14.1. The Morgan fingerprint density at radius 2 is 2.12 bits per heavy atom. The van der Waals surface area contributed by atoms with Gasteiger partial charge in [-0.05, 0) is 67.1 Å². The highest BCUT2D eigenvalue weighted by atomic mass is 127. The zero-order valence-corrected chi connectivity index (χ0v) is 13.1. The Kier molecular flexibility index (Phi) is 4.04. The van der Waals surface area contributed by atoms with E-state index in [1.54, 1.807) is 11.3 Å². The van der Waals surface area contributed by atoms with Crippen LogP contribution >= 0.6 is 33.9 Å². The lowest BCUT2D eigenvalue weighted by Crippen LogP contribution is -2.07. The molecule has 0 bridgehead atoms. The first-order valence-electron chi connectivity index (χ1n) is 5.50. The van der Waals surface area contributed by atoms with Gasteiger partial charge in [-0.3, -0.25) is 0 Å². The number of hydrogen-bond donors (Lipinski definition) is 1. The Morgan fingerprint density at radius 1 is 1.35 bits per heavy atom. The van der Waals surface area contributed by atoms with Gasteiger partial charge in [0.1, 0.15) is 0 Å². The van der Waals surface area contributed by atoms with E-state index in [9.17, 15) is 0 Å². The summed E-state index contributed by atoms with van der Waals surface area (Å²) in [6.45, 7) is 6.37. The third kappa shape index (κ3) is 2.98. The molecule has 0 aliphatic heterocycles. The molecular weight excluding hydrogens is 343 g/mol. The zero-order chi connectivity index (χ0) is 12.4. The van der Waals surface area contributed by atoms with Gasteiger partial charge in [-0.1, -0.05) is 0 Å². The minimum atomic E-state index is 0.307. The van der Waals surface area contributed by atoms with Gasteiger partial charge in [-0.2, -0.15) is 0 Å². The number of rotatable bonds is 3. The van der Waals surface area contributed by atoms with Gasteiger partial charge in [-0.15, -0.1) is 11.3 Å². The molecule has 0 fully saturated rings. The molecule has 1 aromatic heterocycles. The van der Waals surface area contributed by atoms with Gasteiger partial charge in [0.2, 0.25) is 0 Å². The number of nitrogens with zero attached hydrogens (tertiary/aromatic N) is 1. The molecule has 0 saturated carbocycles. The lowest BCUT2D eigenvalue weighted by Gasteiger charge is -2.16. The molecule has 0 radical (unpaired) electrons. The van der Waals surface area contributed by atoms with E-state index >= 15 is 0 Å². The van der Waals surface area contributed by atoms with Gasteiger partial charge in [0, 0.05) is 14.1 Å². The fourth-order valence-electron chi connectivity index (χ4n) is 1.81. The molecule has 17 heavy (non-hydrogen) atoms. The first-order valence-corrected chi connectivity index (χ1v) is 7.46. The van der Waals surface area contributed by atoms with Crippen LogP contribution in [0.5, 0.6) is 0 Å². The molecule has 0 amide bonds. The molecule has 0 spiro atoms. The average Bonchev–Trinajstić information content (AvgIpc) is 2.68. The Balaban J connectivity index is 2.19. The fourth-order valence-corrected chi connectivity index (χ4v) is 3.27. The van der Waals surface area contributed by atoms with Gasteiger partial charge in [-0.25, -0.2) is 4.98 Å². The second kappa shape index (κ2) is 5.35. The molecule has 0 aliphatic rings. The summed E-state index contributed by atoms with van der Waals surface area (Å²) in [4.78, 5) is 5.60. The molecule has 1 atom stereocenters. The Bertz CT molecular complexity index is 522. The van der Waals surface area contributed by atoms with E-state index < -0.39 is 0 Å². The molecule has 2 nitrogen and oxygen atoms in total. The van der Waals surface area contributed by atoms with Gasteiger partial charge in [0.05, 0.1) is 17.2 Å². The van der Waals surface area contributed by atoms with Crippen molar-refractivity contribution in [1.29, 1.82) is 0 Å². The van der Waals surface area contributed by atoms with Crippen molar-refractivity contribution in [3.8, 4) is 0 Å². The van der Waals surface area contributed by atoms with E-state index in [0.717, 1.165) is 5.69 Å². The quantitative estimate of drug-likeness (QED) is 0.815. The minimum Gasteiger partial charge on any atom is -0.377 e. The van der Waals surface area contributed by atoms with E-state index in [0.29, 0.717) is 6.04 Å². The summed E-state index contributed by atoms with van der Waals surface area (Å²) in [5, 5.41) is 3.55. The maximum Gasteiger partial charge on any atom is 0.0798 e. The lowest BCUT2D eigenvalue weighted by molar-refractivity contribution is 0.888. The molecule has 4 heteroatoms. The SMILES string of the molecule is Cc1cc(I)ccc1NC(C)c1scnc1C. The van der Waals surface area contributed by atoms with Crippen LogP contribution in [0.1, 0.15) is 29.1 Å². The number of anilines is 1. The number of aryl methyl sites for hydroxylation is 2. The molecule has 1 aromatic carbocycles. The van der Waals surface area contributed by atoms with Crippen LogP contribution in [-0.4, -0.2) is 4.98 Å². The van der Waals surface area contributed by atoms with Crippen LogP contribution < -0.4 is 5.32 Å². The molecule has 1 heterocycles. The second-order valence-electron chi connectivity index (χ2n) is 4.13. The Morgan fingerprint density at radius 3 is 2.71 bits per heavy atom. The van der Waals surface area contributed by atoms with Gasteiger partial charge < -0.3 is 5.32 Å². The Hall–Kier alpha value is -0.620. The number of nitrogens with one attached hydrogen (secondary N) is 1. The smallest absolute Gasteiger partial charge is 0.0798 e. The lowest BCUT2D eigenvalue weighted by atomic mass is 10.1. The number of halogens is 1. The van der Waals surface area contributed by atoms with Crippen molar-refractivity contribution in [2.45, 2.75) is 26.8 Å². The minimum absolute atomic E-state index is 0.307. The summed E-state index contributed by atoms with van der Waals surface area (Å²) < 4.78 is 1.27.